The molecule has 8 heteroatoms. The first-order valence-corrected chi connectivity index (χ1v) is 8.93. The molecular weight excluding hydrogens is 365 g/mol. The van der Waals surface area contributed by atoms with E-state index in [1.165, 1.54) is 12.1 Å². The van der Waals surface area contributed by atoms with Crippen LogP contribution in [0.2, 0.25) is 0 Å². The number of nitrogens with zero attached hydrogens (tertiary/aromatic N) is 2. The molecule has 1 aromatic carbocycles. The summed E-state index contributed by atoms with van der Waals surface area (Å²) in [7, 11) is 0. The molecule has 2 aromatic heterocycles. The first-order chi connectivity index (χ1) is 13.5. The highest BCUT2D eigenvalue weighted by molar-refractivity contribution is 5.91. The second kappa shape index (κ2) is 7.30. The maximum atomic E-state index is 13.2. The van der Waals surface area contributed by atoms with Gasteiger partial charge in [-0.25, -0.2) is 4.39 Å². The van der Waals surface area contributed by atoms with Crippen molar-refractivity contribution < 1.29 is 18.7 Å². The monoisotopic (exact) mass is 383 g/mol. The molecular formula is C20H18FN3O4. The second-order valence-corrected chi connectivity index (χ2v) is 6.79. The molecule has 3 aromatic rings. The maximum Gasteiger partial charge on any atom is 0.289 e. The van der Waals surface area contributed by atoms with Crippen LogP contribution in [0, 0.1) is 5.82 Å². The highest BCUT2D eigenvalue weighted by Crippen LogP contribution is 2.33. The molecule has 28 heavy (non-hydrogen) atoms. The number of likely N-dealkylation sites (tertiary alicyclic amines) is 1. The van der Waals surface area contributed by atoms with E-state index in [1.807, 2.05) is 0 Å². The van der Waals surface area contributed by atoms with Gasteiger partial charge in [-0.15, -0.1) is 0 Å². The van der Waals surface area contributed by atoms with Gasteiger partial charge in [0.15, 0.2) is 11.5 Å². The average molecular weight is 383 g/mol. The molecule has 144 valence electrons. The standard InChI is InChI=1S/C20H18FN3O4/c21-14-5-3-12(4-6-14)15-9-22-23-19(15)13-2-1-7-24(10-13)20(27)18-8-16(25)17(26)11-28-18/h3-6,8-9,11,13,26H,1-2,7,10H2,(H,22,23)/t13-/m0/s1. The second-order valence-electron chi connectivity index (χ2n) is 6.79. The predicted molar refractivity (Wildman–Crippen MR) is 98.5 cm³/mol. The highest BCUT2D eigenvalue weighted by atomic mass is 19.1. The Bertz CT molecular complexity index is 1060. The third-order valence-corrected chi connectivity index (χ3v) is 4.96. The third-order valence-electron chi connectivity index (χ3n) is 4.96. The largest absolute Gasteiger partial charge is 0.502 e. The number of nitrogens with one attached hydrogen (secondary N) is 1. The van der Waals surface area contributed by atoms with Crippen LogP contribution < -0.4 is 5.43 Å². The highest BCUT2D eigenvalue weighted by Gasteiger charge is 2.29. The molecule has 0 aliphatic carbocycles. The Kier molecular flexibility index (Phi) is 4.68. The summed E-state index contributed by atoms with van der Waals surface area (Å²) in [5.41, 5.74) is 1.94. The summed E-state index contributed by atoms with van der Waals surface area (Å²) in [6.45, 7) is 0.972. The van der Waals surface area contributed by atoms with Gasteiger partial charge in [0.2, 0.25) is 5.43 Å². The van der Waals surface area contributed by atoms with Crippen LogP contribution in [0.4, 0.5) is 4.39 Å². The minimum absolute atomic E-state index is 0.0177. The van der Waals surface area contributed by atoms with Crippen LogP contribution in [-0.4, -0.2) is 39.2 Å². The number of halogens is 1. The van der Waals surface area contributed by atoms with Crippen LogP contribution in [0.1, 0.15) is 35.0 Å². The Balaban J connectivity index is 1.57. The van der Waals surface area contributed by atoms with Crippen molar-refractivity contribution in [2.24, 2.45) is 0 Å². The number of aromatic nitrogens is 2. The molecule has 0 bridgehead atoms. The van der Waals surface area contributed by atoms with Gasteiger partial charge in [-0.2, -0.15) is 5.10 Å². The molecule has 1 saturated heterocycles. The minimum Gasteiger partial charge on any atom is -0.502 e. The zero-order valence-electron chi connectivity index (χ0n) is 14.9. The lowest BCUT2D eigenvalue weighted by Gasteiger charge is -2.32. The lowest BCUT2D eigenvalue weighted by molar-refractivity contribution is 0.0670. The Morgan fingerprint density at radius 3 is 2.86 bits per heavy atom. The summed E-state index contributed by atoms with van der Waals surface area (Å²) in [5, 5.41) is 16.4. The van der Waals surface area contributed by atoms with Crippen molar-refractivity contribution in [2.45, 2.75) is 18.8 Å². The number of hydrogen-bond donors (Lipinski definition) is 2. The van der Waals surface area contributed by atoms with Crippen molar-refractivity contribution in [2.75, 3.05) is 13.1 Å². The predicted octanol–water partition coefficient (Wildman–Crippen LogP) is 2.89. The molecule has 0 spiro atoms. The van der Waals surface area contributed by atoms with Crippen LogP contribution in [-0.2, 0) is 0 Å². The SMILES string of the molecule is O=C(c1cc(=O)c(O)co1)N1CCC[C@H](c2[nH]ncc2-c2ccc(F)cc2)C1. The topological polar surface area (TPSA) is 99.4 Å². The Morgan fingerprint density at radius 1 is 1.32 bits per heavy atom. The number of benzene rings is 1. The van der Waals surface area contributed by atoms with E-state index < -0.39 is 17.1 Å². The number of hydrogen-bond acceptors (Lipinski definition) is 5. The number of piperidine rings is 1. The van der Waals surface area contributed by atoms with Gasteiger partial charge < -0.3 is 14.4 Å². The molecule has 1 aliphatic heterocycles. The summed E-state index contributed by atoms with van der Waals surface area (Å²) in [5.74, 6) is -1.33. The molecule has 1 aliphatic rings. The quantitative estimate of drug-likeness (QED) is 0.725. The van der Waals surface area contributed by atoms with Crippen LogP contribution >= 0.6 is 0 Å². The number of carbonyl (C=O) groups excluding carboxylic acids is 1. The van der Waals surface area contributed by atoms with E-state index in [0.29, 0.717) is 13.1 Å². The maximum absolute atomic E-state index is 13.2. The Labute approximate surface area is 159 Å². The number of amides is 1. The van der Waals surface area contributed by atoms with E-state index in [2.05, 4.69) is 10.2 Å². The number of aromatic hydroxyl groups is 1. The number of carbonyl (C=O) groups is 1. The molecule has 1 amide bonds. The lowest BCUT2D eigenvalue weighted by Crippen LogP contribution is -2.39. The van der Waals surface area contributed by atoms with E-state index in [1.54, 1.807) is 23.2 Å². The van der Waals surface area contributed by atoms with Crippen molar-refractivity contribution in [1.82, 2.24) is 15.1 Å². The van der Waals surface area contributed by atoms with E-state index in [4.69, 9.17) is 4.42 Å². The average Bonchev–Trinajstić information content (AvgIpc) is 3.20. The Morgan fingerprint density at radius 2 is 2.11 bits per heavy atom. The fraction of sp³-hybridized carbons (Fsp3) is 0.250. The third kappa shape index (κ3) is 3.40. The summed E-state index contributed by atoms with van der Waals surface area (Å²) in [6.07, 6.45) is 4.21. The normalized spacial score (nSPS) is 16.9. The molecule has 0 unspecified atom stereocenters. The minimum atomic E-state index is -0.657. The van der Waals surface area contributed by atoms with Crippen molar-refractivity contribution in [3.05, 3.63) is 70.3 Å². The van der Waals surface area contributed by atoms with Gasteiger partial charge in [-0.1, -0.05) is 12.1 Å². The molecule has 3 heterocycles. The summed E-state index contributed by atoms with van der Waals surface area (Å²) in [6, 6.07) is 7.19. The van der Waals surface area contributed by atoms with Gasteiger partial charge in [0, 0.05) is 36.3 Å². The Hall–Kier alpha value is -3.42. The molecule has 1 atom stereocenters. The van der Waals surface area contributed by atoms with Gasteiger partial charge in [-0.3, -0.25) is 14.7 Å². The van der Waals surface area contributed by atoms with E-state index in [-0.39, 0.29) is 17.5 Å². The van der Waals surface area contributed by atoms with Crippen molar-refractivity contribution >= 4 is 5.91 Å². The molecule has 4 rings (SSSR count). The van der Waals surface area contributed by atoms with Crippen LogP contribution in [0.25, 0.3) is 11.1 Å². The zero-order valence-corrected chi connectivity index (χ0v) is 14.9. The van der Waals surface area contributed by atoms with E-state index in [9.17, 15) is 19.1 Å². The van der Waals surface area contributed by atoms with E-state index in [0.717, 1.165) is 42.0 Å². The van der Waals surface area contributed by atoms with Gasteiger partial charge in [0.25, 0.3) is 5.91 Å². The van der Waals surface area contributed by atoms with Gasteiger partial charge in [0.1, 0.15) is 12.1 Å². The fourth-order valence-corrected chi connectivity index (χ4v) is 3.54. The van der Waals surface area contributed by atoms with Gasteiger partial charge in [-0.05, 0) is 30.5 Å². The first-order valence-electron chi connectivity index (χ1n) is 8.93. The first kappa shape index (κ1) is 18.0. The molecule has 0 radical (unpaired) electrons. The van der Waals surface area contributed by atoms with Crippen LogP contribution in [0.5, 0.6) is 5.75 Å². The fourth-order valence-electron chi connectivity index (χ4n) is 3.54. The summed E-state index contributed by atoms with van der Waals surface area (Å²) >= 11 is 0. The van der Waals surface area contributed by atoms with Crippen LogP contribution in [0.15, 0.2) is 52.0 Å². The van der Waals surface area contributed by atoms with Gasteiger partial charge in [0.05, 0.1) is 6.20 Å². The van der Waals surface area contributed by atoms with E-state index >= 15 is 0 Å². The molecule has 7 nitrogen and oxygen atoms in total. The lowest BCUT2D eigenvalue weighted by atomic mass is 9.90. The zero-order chi connectivity index (χ0) is 19.7. The molecule has 0 saturated carbocycles. The molecule has 2 N–H and O–H groups in total. The van der Waals surface area contributed by atoms with Crippen LogP contribution in [0.3, 0.4) is 0 Å². The summed E-state index contributed by atoms with van der Waals surface area (Å²) in [4.78, 5) is 25.9. The smallest absolute Gasteiger partial charge is 0.289 e. The summed E-state index contributed by atoms with van der Waals surface area (Å²) < 4.78 is 18.3. The van der Waals surface area contributed by atoms with Crippen molar-refractivity contribution in [1.29, 1.82) is 0 Å². The van der Waals surface area contributed by atoms with Gasteiger partial charge >= 0.3 is 0 Å². The van der Waals surface area contributed by atoms with Crippen molar-refractivity contribution in [3.8, 4) is 16.9 Å². The number of aromatic amines is 1. The molecule has 1 fully saturated rings. The van der Waals surface area contributed by atoms with Crippen molar-refractivity contribution in [3.63, 3.8) is 0 Å². The number of rotatable bonds is 3. The number of H-pyrrole nitrogens is 1.